The monoisotopic (exact) mass is 378 g/mol. The van der Waals surface area contributed by atoms with Crippen molar-refractivity contribution in [2.45, 2.75) is 31.2 Å². The molecular weight excluding hydrogens is 351 g/mol. The lowest BCUT2D eigenvalue weighted by Gasteiger charge is -2.40. The van der Waals surface area contributed by atoms with Crippen LogP contribution in [0.4, 0.5) is 4.39 Å². The lowest BCUT2D eigenvalue weighted by Crippen LogP contribution is -2.57. The SMILES string of the molecule is COCCCN1C(=O)CCN(C(=O)Cc2cccc(F)c2)CC12CCOC2. The first-order chi connectivity index (χ1) is 13.0. The maximum absolute atomic E-state index is 13.4. The summed E-state index contributed by atoms with van der Waals surface area (Å²) >= 11 is 0. The van der Waals surface area contributed by atoms with Gasteiger partial charge in [-0.05, 0) is 30.5 Å². The van der Waals surface area contributed by atoms with Crippen molar-refractivity contribution in [1.29, 1.82) is 0 Å². The second-order valence-corrected chi connectivity index (χ2v) is 7.29. The van der Waals surface area contributed by atoms with Gasteiger partial charge in [0.2, 0.25) is 11.8 Å². The molecule has 1 unspecified atom stereocenters. The van der Waals surface area contributed by atoms with Crippen molar-refractivity contribution in [3.63, 3.8) is 0 Å². The molecule has 0 bridgehead atoms. The molecule has 0 aliphatic carbocycles. The molecule has 1 atom stereocenters. The zero-order chi connectivity index (χ0) is 19.3. The number of amides is 2. The Morgan fingerprint density at radius 1 is 1.41 bits per heavy atom. The van der Waals surface area contributed by atoms with Gasteiger partial charge in [-0.25, -0.2) is 4.39 Å². The number of hydrogen-bond donors (Lipinski definition) is 0. The Balaban J connectivity index is 1.74. The van der Waals surface area contributed by atoms with Crippen molar-refractivity contribution in [2.24, 2.45) is 0 Å². The van der Waals surface area contributed by atoms with Crippen LogP contribution in [0.1, 0.15) is 24.8 Å². The molecule has 6 nitrogen and oxygen atoms in total. The Bertz CT molecular complexity index is 676. The van der Waals surface area contributed by atoms with Gasteiger partial charge in [0.1, 0.15) is 5.82 Å². The summed E-state index contributed by atoms with van der Waals surface area (Å²) in [7, 11) is 1.64. The van der Waals surface area contributed by atoms with E-state index < -0.39 is 5.54 Å². The zero-order valence-corrected chi connectivity index (χ0v) is 15.8. The minimum absolute atomic E-state index is 0.0534. The summed E-state index contributed by atoms with van der Waals surface area (Å²) in [6.07, 6.45) is 1.90. The van der Waals surface area contributed by atoms with Crippen LogP contribution in [-0.2, 0) is 25.5 Å². The number of halogens is 1. The molecule has 2 aliphatic heterocycles. The first-order valence-electron chi connectivity index (χ1n) is 9.43. The number of carbonyl (C=O) groups excluding carboxylic acids is 2. The highest BCUT2D eigenvalue weighted by Crippen LogP contribution is 2.31. The Labute approximate surface area is 159 Å². The molecule has 2 heterocycles. The fraction of sp³-hybridized carbons (Fsp3) is 0.600. The van der Waals surface area contributed by atoms with Gasteiger partial charge in [-0.1, -0.05) is 12.1 Å². The maximum atomic E-state index is 13.4. The lowest BCUT2D eigenvalue weighted by atomic mass is 9.95. The van der Waals surface area contributed by atoms with E-state index >= 15 is 0 Å². The number of benzene rings is 1. The van der Waals surface area contributed by atoms with E-state index in [0.29, 0.717) is 51.4 Å². The van der Waals surface area contributed by atoms with E-state index in [-0.39, 0.29) is 24.1 Å². The summed E-state index contributed by atoms with van der Waals surface area (Å²) in [5.41, 5.74) is 0.170. The highest BCUT2D eigenvalue weighted by atomic mass is 19.1. The normalized spacial score (nSPS) is 23.1. The molecule has 2 saturated heterocycles. The van der Waals surface area contributed by atoms with Gasteiger partial charge in [-0.2, -0.15) is 0 Å². The number of carbonyl (C=O) groups is 2. The van der Waals surface area contributed by atoms with Gasteiger partial charge in [-0.3, -0.25) is 9.59 Å². The fourth-order valence-electron chi connectivity index (χ4n) is 3.96. The molecule has 2 amide bonds. The minimum atomic E-state index is -0.473. The van der Waals surface area contributed by atoms with Crippen LogP contribution in [0.5, 0.6) is 0 Å². The van der Waals surface area contributed by atoms with E-state index in [1.165, 1.54) is 12.1 Å². The molecule has 1 spiro atoms. The third-order valence-electron chi connectivity index (χ3n) is 5.36. The van der Waals surface area contributed by atoms with Crippen LogP contribution in [0.3, 0.4) is 0 Å². The van der Waals surface area contributed by atoms with Gasteiger partial charge < -0.3 is 19.3 Å². The van der Waals surface area contributed by atoms with Crippen LogP contribution in [0.25, 0.3) is 0 Å². The van der Waals surface area contributed by atoms with Gasteiger partial charge in [0.15, 0.2) is 0 Å². The van der Waals surface area contributed by atoms with Gasteiger partial charge in [0, 0.05) is 46.4 Å². The van der Waals surface area contributed by atoms with E-state index in [4.69, 9.17) is 9.47 Å². The predicted molar refractivity (Wildman–Crippen MR) is 97.7 cm³/mol. The van der Waals surface area contributed by atoms with Crippen molar-refractivity contribution < 1.29 is 23.5 Å². The molecule has 2 aliphatic rings. The summed E-state index contributed by atoms with van der Waals surface area (Å²) in [6, 6.07) is 6.09. The summed E-state index contributed by atoms with van der Waals surface area (Å²) in [5, 5.41) is 0. The van der Waals surface area contributed by atoms with Crippen molar-refractivity contribution in [3.8, 4) is 0 Å². The van der Waals surface area contributed by atoms with Gasteiger partial charge in [0.25, 0.3) is 0 Å². The average molecular weight is 378 g/mol. The Kier molecular flexibility index (Phi) is 6.44. The Morgan fingerprint density at radius 3 is 2.96 bits per heavy atom. The molecule has 0 saturated carbocycles. The highest BCUT2D eigenvalue weighted by Gasteiger charge is 2.46. The lowest BCUT2D eigenvalue weighted by molar-refractivity contribution is -0.137. The van der Waals surface area contributed by atoms with Crippen LogP contribution in [-0.4, -0.2) is 73.7 Å². The summed E-state index contributed by atoms with van der Waals surface area (Å²) < 4.78 is 24.2. The Hall–Kier alpha value is -1.99. The van der Waals surface area contributed by atoms with Crippen molar-refractivity contribution in [1.82, 2.24) is 9.80 Å². The smallest absolute Gasteiger partial charge is 0.227 e. The predicted octanol–water partition coefficient (Wildman–Crippen LogP) is 1.62. The fourth-order valence-corrected chi connectivity index (χ4v) is 3.96. The van der Waals surface area contributed by atoms with E-state index in [0.717, 1.165) is 12.8 Å². The number of methoxy groups -OCH3 is 1. The van der Waals surface area contributed by atoms with E-state index in [9.17, 15) is 14.0 Å². The third-order valence-corrected chi connectivity index (χ3v) is 5.36. The topological polar surface area (TPSA) is 59.1 Å². The summed E-state index contributed by atoms with van der Waals surface area (Å²) in [5.74, 6) is -0.382. The number of ether oxygens (including phenoxy) is 2. The average Bonchev–Trinajstić information content (AvgIpc) is 3.06. The van der Waals surface area contributed by atoms with E-state index in [1.54, 1.807) is 24.1 Å². The molecule has 2 fully saturated rings. The minimum Gasteiger partial charge on any atom is -0.385 e. The molecule has 1 aromatic carbocycles. The summed E-state index contributed by atoms with van der Waals surface area (Å²) in [6.45, 7) is 3.05. The molecular formula is C20H27FN2O4. The molecule has 1 aromatic rings. The first kappa shape index (κ1) is 19.8. The third kappa shape index (κ3) is 4.65. The van der Waals surface area contributed by atoms with Crippen molar-refractivity contribution in [2.75, 3.05) is 46.6 Å². The van der Waals surface area contributed by atoms with Crippen LogP contribution in [0, 0.1) is 5.82 Å². The van der Waals surface area contributed by atoms with E-state index in [2.05, 4.69) is 0 Å². The molecule has 3 rings (SSSR count). The van der Waals surface area contributed by atoms with Crippen LogP contribution in [0.15, 0.2) is 24.3 Å². The van der Waals surface area contributed by atoms with Gasteiger partial charge >= 0.3 is 0 Å². The van der Waals surface area contributed by atoms with Crippen molar-refractivity contribution >= 4 is 11.8 Å². The first-order valence-corrected chi connectivity index (χ1v) is 9.43. The molecule has 0 aromatic heterocycles. The summed E-state index contributed by atoms with van der Waals surface area (Å²) in [4.78, 5) is 29.3. The number of nitrogens with zero attached hydrogens (tertiary/aromatic N) is 2. The zero-order valence-electron chi connectivity index (χ0n) is 15.8. The number of rotatable bonds is 6. The quantitative estimate of drug-likeness (QED) is 0.706. The highest BCUT2D eigenvalue weighted by molar-refractivity contribution is 5.82. The molecule has 0 N–H and O–H groups in total. The number of hydrogen-bond acceptors (Lipinski definition) is 4. The van der Waals surface area contributed by atoms with Crippen molar-refractivity contribution in [3.05, 3.63) is 35.6 Å². The van der Waals surface area contributed by atoms with Gasteiger partial charge in [0.05, 0.1) is 18.6 Å². The molecule has 27 heavy (non-hydrogen) atoms. The second-order valence-electron chi connectivity index (χ2n) is 7.29. The standard InChI is InChI=1S/C20H27FN2O4/c1-26-10-3-8-23-18(24)6-9-22(14-20(23)7-11-27-15-20)19(25)13-16-4-2-5-17(21)12-16/h2,4-5,12H,3,6-11,13-15H2,1H3. The van der Waals surface area contributed by atoms with E-state index in [1.807, 2.05) is 4.90 Å². The molecule has 0 radical (unpaired) electrons. The second kappa shape index (κ2) is 8.80. The largest absolute Gasteiger partial charge is 0.385 e. The maximum Gasteiger partial charge on any atom is 0.227 e. The van der Waals surface area contributed by atoms with Crippen LogP contribution >= 0.6 is 0 Å². The molecule has 7 heteroatoms. The van der Waals surface area contributed by atoms with Crippen LogP contribution < -0.4 is 0 Å². The Morgan fingerprint density at radius 2 is 2.26 bits per heavy atom. The molecule has 148 valence electrons. The van der Waals surface area contributed by atoms with Crippen LogP contribution in [0.2, 0.25) is 0 Å². The van der Waals surface area contributed by atoms with Gasteiger partial charge in [-0.15, -0.1) is 0 Å².